The first-order valence-electron chi connectivity index (χ1n) is 4.96. The number of hydrogen-bond donors (Lipinski definition) is 0. The largest absolute Gasteiger partial charge is 0.481 e. The molecule has 6 nitrogen and oxygen atoms in total. The van der Waals surface area contributed by atoms with Crippen molar-refractivity contribution >= 4 is 15.9 Å². The van der Waals surface area contributed by atoms with Crippen molar-refractivity contribution in [1.82, 2.24) is 15.0 Å². The fourth-order valence-corrected chi connectivity index (χ4v) is 1.54. The number of rotatable bonds is 4. The van der Waals surface area contributed by atoms with Gasteiger partial charge in [0.2, 0.25) is 11.8 Å². The molecule has 0 saturated carbocycles. The molecule has 0 aliphatic rings. The highest BCUT2D eigenvalue weighted by molar-refractivity contribution is 9.10. The van der Waals surface area contributed by atoms with Gasteiger partial charge in [0.25, 0.3) is 0 Å². The van der Waals surface area contributed by atoms with E-state index < -0.39 is 0 Å². The van der Waals surface area contributed by atoms with Gasteiger partial charge in [-0.15, -0.1) is 0 Å². The summed E-state index contributed by atoms with van der Waals surface area (Å²) >= 11 is 3.30. The maximum Gasteiger partial charge on any atom is 0.328 e. The molecule has 0 unspecified atom stereocenters. The van der Waals surface area contributed by atoms with Crippen molar-refractivity contribution in [1.29, 1.82) is 0 Å². The van der Waals surface area contributed by atoms with Gasteiger partial charge in [-0.1, -0.05) is 0 Å². The van der Waals surface area contributed by atoms with Crippen LogP contribution in [0.25, 0.3) is 0 Å². The van der Waals surface area contributed by atoms with Gasteiger partial charge in [0.05, 0.1) is 26.5 Å². The first kappa shape index (κ1) is 12.6. The zero-order valence-corrected chi connectivity index (χ0v) is 11.3. The molecular weight excluding hydrogens is 302 g/mol. The lowest BCUT2D eigenvalue weighted by atomic mass is 10.5. The van der Waals surface area contributed by atoms with Crippen LogP contribution in [0.5, 0.6) is 23.5 Å². The number of pyridine rings is 1. The number of hydrogen-bond acceptors (Lipinski definition) is 6. The highest BCUT2D eigenvalue weighted by Gasteiger charge is 2.08. The van der Waals surface area contributed by atoms with E-state index in [-0.39, 0.29) is 6.01 Å². The molecule has 0 amide bonds. The van der Waals surface area contributed by atoms with Crippen molar-refractivity contribution in [2.24, 2.45) is 0 Å². The maximum absolute atomic E-state index is 5.47. The molecule has 0 fully saturated rings. The second-order valence-electron chi connectivity index (χ2n) is 3.18. The van der Waals surface area contributed by atoms with Crippen LogP contribution in [0.1, 0.15) is 0 Å². The lowest BCUT2D eigenvalue weighted by Gasteiger charge is -2.07. The highest BCUT2D eigenvalue weighted by Crippen LogP contribution is 2.24. The summed E-state index contributed by atoms with van der Waals surface area (Å²) in [6.07, 6.45) is 3.21. The van der Waals surface area contributed by atoms with Gasteiger partial charge in [0.15, 0.2) is 5.75 Å². The Hall–Kier alpha value is -1.89. The predicted octanol–water partition coefficient (Wildman–Crippen LogP) is 2.44. The molecule has 18 heavy (non-hydrogen) atoms. The van der Waals surface area contributed by atoms with E-state index in [1.54, 1.807) is 24.5 Å². The van der Waals surface area contributed by atoms with Crippen molar-refractivity contribution in [2.45, 2.75) is 0 Å². The van der Waals surface area contributed by atoms with Gasteiger partial charge in [0.1, 0.15) is 0 Å². The van der Waals surface area contributed by atoms with Gasteiger partial charge in [-0.3, -0.25) is 4.98 Å². The van der Waals surface area contributed by atoms with Gasteiger partial charge in [-0.2, -0.15) is 9.97 Å². The smallest absolute Gasteiger partial charge is 0.328 e. The summed E-state index contributed by atoms with van der Waals surface area (Å²) in [6.45, 7) is 0. The van der Waals surface area contributed by atoms with Crippen molar-refractivity contribution in [3.63, 3.8) is 0 Å². The summed E-state index contributed by atoms with van der Waals surface area (Å²) in [4.78, 5) is 12.1. The molecule has 0 saturated heterocycles. The van der Waals surface area contributed by atoms with Crippen LogP contribution >= 0.6 is 15.9 Å². The highest BCUT2D eigenvalue weighted by atomic mass is 79.9. The van der Waals surface area contributed by atoms with Gasteiger partial charge in [-0.25, -0.2) is 0 Å². The molecule has 2 rings (SSSR count). The number of halogens is 1. The van der Waals surface area contributed by atoms with Crippen molar-refractivity contribution in [3.8, 4) is 23.5 Å². The Labute approximate surface area is 112 Å². The Morgan fingerprint density at radius 1 is 1.00 bits per heavy atom. The van der Waals surface area contributed by atoms with E-state index in [9.17, 15) is 0 Å². The molecule has 0 bridgehead atoms. The molecule has 0 aromatic carbocycles. The summed E-state index contributed by atoms with van der Waals surface area (Å²) in [5.74, 6) is 1.24. The predicted molar refractivity (Wildman–Crippen MR) is 67.1 cm³/mol. The minimum Gasteiger partial charge on any atom is -0.481 e. The Morgan fingerprint density at radius 3 is 2.22 bits per heavy atom. The van der Waals surface area contributed by atoms with E-state index in [2.05, 4.69) is 30.9 Å². The summed E-state index contributed by atoms with van der Waals surface area (Å²) in [6, 6.07) is 3.44. The zero-order chi connectivity index (χ0) is 13.0. The maximum atomic E-state index is 5.47. The van der Waals surface area contributed by atoms with E-state index in [0.717, 1.165) is 4.47 Å². The summed E-state index contributed by atoms with van der Waals surface area (Å²) in [7, 11) is 3.01. The molecular formula is C11H10BrN3O3. The topological polar surface area (TPSA) is 66.4 Å². The van der Waals surface area contributed by atoms with Crippen molar-refractivity contribution in [2.75, 3.05) is 14.2 Å². The van der Waals surface area contributed by atoms with Crippen molar-refractivity contribution in [3.05, 3.63) is 29.0 Å². The summed E-state index contributed by atoms with van der Waals surface area (Å²) in [5.41, 5.74) is 0. The fourth-order valence-electron chi connectivity index (χ4n) is 1.19. The monoisotopic (exact) mass is 311 g/mol. The number of aromatic nitrogens is 3. The van der Waals surface area contributed by atoms with Crippen LogP contribution in [0.15, 0.2) is 29.0 Å². The van der Waals surface area contributed by atoms with Crippen LogP contribution in [-0.4, -0.2) is 29.2 Å². The molecule has 7 heteroatoms. The normalized spacial score (nSPS) is 9.94. The molecule has 0 atom stereocenters. The third kappa shape index (κ3) is 3.07. The van der Waals surface area contributed by atoms with Crippen LogP contribution in [-0.2, 0) is 0 Å². The molecule has 0 aliphatic carbocycles. The first-order valence-corrected chi connectivity index (χ1v) is 5.76. The van der Waals surface area contributed by atoms with E-state index in [1.807, 2.05) is 0 Å². The molecule has 0 spiro atoms. The van der Waals surface area contributed by atoms with Gasteiger partial charge in [0, 0.05) is 10.7 Å². The summed E-state index contributed by atoms with van der Waals surface area (Å²) in [5, 5.41) is 0. The SMILES string of the molecule is COc1cc(OC)nc(Oc2cncc(Br)c2)n1. The Kier molecular flexibility index (Phi) is 3.93. The van der Waals surface area contributed by atoms with Crippen LogP contribution in [0, 0.1) is 0 Å². The van der Waals surface area contributed by atoms with E-state index >= 15 is 0 Å². The average molecular weight is 312 g/mol. The van der Waals surface area contributed by atoms with Crippen LogP contribution < -0.4 is 14.2 Å². The zero-order valence-electron chi connectivity index (χ0n) is 9.75. The molecule has 2 heterocycles. The van der Waals surface area contributed by atoms with Crippen LogP contribution in [0.4, 0.5) is 0 Å². The molecule has 2 aromatic heterocycles. The Morgan fingerprint density at radius 2 is 1.67 bits per heavy atom. The van der Waals surface area contributed by atoms with E-state index in [4.69, 9.17) is 14.2 Å². The molecule has 2 aromatic rings. The van der Waals surface area contributed by atoms with Gasteiger partial charge < -0.3 is 14.2 Å². The first-order chi connectivity index (χ1) is 8.71. The number of ether oxygens (including phenoxy) is 3. The fraction of sp³-hybridized carbons (Fsp3) is 0.182. The lowest BCUT2D eigenvalue weighted by Crippen LogP contribution is -1.98. The second-order valence-corrected chi connectivity index (χ2v) is 4.09. The average Bonchev–Trinajstić information content (AvgIpc) is 2.38. The Bertz CT molecular complexity index is 529. The minimum atomic E-state index is 0.131. The quantitative estimate of drug-likeness (QED) is 0.864. The van der Waals surface area contributed by atoms with Gasteiger partial charge in [-0.05, 0) is 22.0 Å². The number of methoxy groups -OCH3 is 2. The third-order valence-corrected chi connectivity index (χ3v) is 2.40. The summed E-state index contributed by atoms with van der Waals surface area (Å²) < 4.78 is 16.3. The standard InChI is InChI=1S/C11H10BrN3O3/c1-16-9-4-10(17-2)15-11(14-9)18-8-3-7(12)5-13-6-8/h3-6H,1-2H3. The van der Waals surface area contributed by atoms with E-state index in [1.165, 1.54) is 14.2 Å². The molecule has 0 aliphatic heterocycles. The van der Waals surface area contributed by atoms with Crippen LogP contribution in [0.3, 0.4) is 0 Å². The molecule has 0 radical (unpaired) electrons. The van der Waals surface area contributed by atoms with Gasteiger partial charge >= 0.3 is 6.01 Å². The third-order valence-electron chi connectivity index (χ3n) is 1.97. The molecule has 0 N–H and O–H groups in total. The minimum absolute atomic E-state index is 0.131. The van der Waals surface area contributed by atoms with Crippen LogP contribution in [0.2, 0.25) is 0 Å². The molecule has 94 valence electrons. The van der Waals surface area contributed by atoms with E-state index in [0.29, 0.717) is 17.5 Å². The number of nitrogens with zero attached hydrogens (tertiary/aromatic N) is 3. The lowest BCUT2D eigenvalue weighted by molar-refractivity contribution is 0.347. The second kappa shape index (κ2) is 5.63. The van der Waals surface area contributed by atoms with Crippen molar-refractivity contribution < 1.29 is 14.2 Å². The Balaban J connectivity index is 2.28.